The third-order valence-electron chi connectivity index (χ3n) is 4.67. The quantitative estimate of drug-likeness (QED) is 0.388. The summed E-state index contributed by atoms with van der Waals surface area (Å²) in [6.45, 7) is 7.29. The van der Waals surface area contributed by atoms with Gasteiger partial charge in [-0.1, -0.05) is 85.5 Å². The van der Waals surface area contributed by atoms with E-state index in [9.17, 15) is 19.8 Å². The van der Waals surface area contributed by atoms with E-state index in [1.54, 1.807) is 20.8 Å². The largest absolute Gasteiger partial charge is 0.480 e. The van der Waals surface area contributed by atoms with Gasteiger partial charge in [0.25, 0.3) is 0 Å². The van der Waals surface area contributed by atoms with E-state index < -0.39 is 22.8 Å². The van der Waals surface area contributed by atoms with Crippen molar-refractivity contribution in [1.82, 2.24) is 0 Å². The maximum absolute atomic E-state index is 11.6. The van der Waals surface area contributed by atoms with Crippen molar-refractivity contribution >= 4 is 11.9 Å². The van der Waals surface area contributed by atoms with Gasteiger partial charge in [-0.05, 0) is 11.8 Å². The van der Waals surface area contributed by atoms with Crippen LogP contribution in [0.25, 0.3) is 0 Å². The summed E-state index contributed by atoms with van der Waals surface area (Å²) in [7, 11) is 0. The first-order chi connectivity index (χ1) is 10.2. The van der Waals surface area contributed by atoms with Crippen LogP contribution >= 0.6 is 0 Å². The van der Waals surface area contributed by atoms with Crippen LogP contribution in [0.15, 0.2) is 0 Å². The van der Waals surface area contributed by atoms with Gasteiger partial charge in [-0.25, -0.2) is 0 Å². The second-order valence-corrected chi connectivity index (χ2v) is 7.34. The second-order valence-electron chi connectivity index (χ2n) is 7.34. The summed E-state index contributed by atoms with van der Waals surface area (Å²) in [6.07, 6.45) is 10.3. The number of hydrogen-bond donors (Lipinski definition) is 2. The number of unbranched alkanes of at least 4 members (excludes halogenated alkanes) is 8. The molecule has 0 fully saturated rings. The van der Waals surface area contributed by atoms with Gasteiger partial charge in [0.05, 0.1) is 0 Å². The highest BCUT2D eigenvalue weighted by Crippen LogP contribution is 2.43. The highest BCUT2D eigenvalue weighted by atomic mass is 16.4. The van der Waals surface area contributed by atoms with Gasteiger partial charge in [-0.3, -0.25) is 9.59 Å². The van der Waals surface area contributed by atoms with Crippen molar-refractivity contribution in [1.29, 1.82) is 0 Å². The molecule has 4 nitrogen and oxygen atoms in total. The van der Waals surface area contributed by atoms with Crippen molar-refractivity contribution in [3.05, 3.63) is 0 Å². The lowest BCUT2D eigenvalue weighted by Crippen LogP contribution is -2.49. The Bertz CT molecular complexity index is 327. The van der Waals surface area contributed by atoms with Crippen molar-refractivity contribution in [2.75, 3.05) is 0 Å². The third kappa shape index (κ3) is 5.98. The van der Waals surface area contributed by atoms with Crippen LogP contribution in [0.3, 0.4) is 0 Å². The van der Waals surface area contributed by atoms with Crippen LogP contribution in [-0.2, 0) is 9.59 Å². The molecular formula is C18H34O4. The molecule has 0 bridgehead atoms. The Morgan fingerprint density at radius 3 is 1.41 bits per heavy atom. The zero-order valence-corrected chi connectivity index (χ0v) is 14.8. The molecular weight excluding hydrogens is 280 g/mol. The van der Waals surface area contributed by atoms with E-state index in [2.05, 4.69) is 6.92 Å². The van der Waals surface area contributed by atoms with E-state index in [-0.39, 0.29) is 6.42 Å². The minimum absolute atomic E-state index is 0.205. The van der Waals surface area contributed by atoms with Gasteiger partial charge in [0.15, 0.2) is 5.41 Å². The SMILES string of the molecule is CCCCCCCCCCCC(C(=O)O)(C(=O)O)C(C)(C)C. The molecule has 0 saturated heterocycles. The zero-order chi connectivity index (χ0) is 17.2. The Balaban J connectivity index is 4.22. The van der Waals surface area contributed by atoms with Gasteiger partial charge in [-0.2, -0.15) is 0 Å². The van der Waals surface area contributed by atoms with E-state index >= 15 is 0 Å². The molecule has 0 aromatic heterocycles. The lowest BCUT2D eigenvalue weighted by atomic mass is 9.64. The van der Waals surface area contributed by atoms with Crippen molar-refractivity contribution in [2.24, 2.45) is 10.8 Å². The lowest BCUT2D eigenvalue weighted by Gasteiger charge is -2.37. The Morgan fingerprint density at radius 2 is 1.09 bits per heavy atom. The molecule has 130 valence electrons. The number of rotatable bonds is 12. The maximum Gasteiger partial charge on any atom is 0.321 e. The van der Waals surface area contributed by atoms with Gasteiger partial charge < -0.3 is 10.2 Å². The average molecular weight is 314 g/mol. The summed E-state index contributed by atoms with van der Waals surface area (Å²) in [5.74, 6) is -2.43. The molecule has 0 atom stereocenters. The molecule has 0 aliphatic heterocycles. The number of aliphatic carboxylic acids is 2. The van der Waals surface area contributed by atoms with Crippen molar-refractivity contribution in [3.63, 3.8) is 0 Å². The van der Waals surface area contributed by atoms with Crippen LogP contribution in [0.4, 0.5) is 0 Å². The van der Waals surface area contributed by atoms with Crippen LogP contribution in [-0.4, -0.2) is 22.2 Å². The fourth-order valence-corrected chi connectivity index (χ4v) is 3.02. The van der Waals surface area contributed by atoms with E-state index in [1.807, 2.05) is 0 Å². The van der Waals surface area contributed by atoms with E-state index in [0.29, 0.717) is 6.42 Å². The molecule has 0 saturated carbocycles. The average Bonchev–Trinajstić information content (AvgIpc) is 2.38. The Kier molecular flexibility index (Phi) is 9.38. The first kappa shape index (κ1) is 20.9. The molecule has 0 radical (unpaired) electrons. The lowest BCUT2D eigenvalue weighted by molar-refractivity contribution is -0.174. The van der Waals surface area contributed by atoms with Crippen molar-refractivity contribution in [3.8, 4) is 0 Å². The van der Waals surface area contributed by atoms with Crippen LogP contribution in [0.5, 0.6) is 0 Å². The minimum Gasteiger partial charge on any atom is -0.480 e. The Morgan fingerprint density at radius 1 is 0.727 bits per heavy atom. The number of hydrogen-bond acceptors (Lipinski definition) is 2. The topological polar surface area (TPSA) is 74.6 Å². The molecule has 4 heteroatoms. The minimum atomic E-state index is -1.69. The van der Waals surface area contributed by atoms with Crippen molar-refractivity contribution < 1.29 is 19.8 Å². The third-order valence-corrected chi connectivity index (χ3v) is 4.67. The van der Waals surface area contributed by atoms with Gasteiger partial charge in [0, 0.05) is 0 Å². The predicted molar refractivity (Wildman–Crippen MR) is 89.0 cm³/mol. The van der Waals surface area contributed by atoms with Gasteiger partial charge in [0.1, 0.15) is 0 Å². The molecule has 0 amide bonds. The molecule has 0 rings (SSSR count). The molecule has 0 unspecified atom stereocenters. The Hall–Kier alpha value is -1.06. The van der Waals surface area contributed by atoms with E-state index in [0.717, 1.165) is 19.3 Å². The van der Waals surface area contributed by atoms with Crippen LogP contribution in [0, 0.1) is 10.8 Å². The monoisotopic (exact) mass is 314 g/mol. The number of carbonyl (C=O) groups is 2. The van der Waals surface area contributed by atoms with Gasteiger partial charge in [0.2, 0.25) is 0 Å². The first-order valence-electron chi connectivity index (χ1n) is 8.67. The summed E-state index contributed by atoms with van der Waals surface area (Å²) in [6, 6.07) is 0. The fourth-order valence-electron chi connectivity index (χ4n) is 3.02. The fraction of sp³-hybridized carbons (Fsp3) is 0.889. The molecule has 0 heterocycles. The van der Waals surface area contributed by atoms with Gasteiger partial charge in [-0.15, -0.1) is 0 Å². The summed E-state index contributed by atoms with van der Waals surface area (Å²) >= 11 is 0. The van der Waals surface area contributed by atoms with Crippen molar-refractivity contribution in [2.45, 2.75) is 91.9 Å². The smallest absolute Gasteiger partial charge is 0.321 e. The van der Waals surface area contributed by atoms with E-state index in [1.165, 1.54) is 32.1 Å². The highest BCUT2D eigenvalue weighted by Gasteiger charge is 2.54. The second kappa shape index (κ2) is 9.86. The highest BCUT2D eigenvalue weighted by molar-refractivity contribution is 5.99. The summed E-state index contributed by atoms with van der Waals surface area (Å²) in [5.41, 5.74) is -2.49. The maximum atomic E-state index is 11.6. The molecule has 0 aliphatic rings. The van der Waals surface area contributed by atoms with E-state index in [4.69, 9.17) is 0 Å². The molecule has 2 N–H and O–H groups in total. The molecule has 0 aromatic carbocycles. The van der Waals surface area contributed by atoms with Crippen LogP contribution in [0.2, 0.25) is 0 Å². The Labute approximate surface area is 135 Å². The standard InChI is InChI=1S/C18H34O4/c1-5-6-7-8-9-10-11-12-13-14-18(15(19)20,16(21)22)17(2,3)4/h5-14H2,1-4H3,(H,19,20)(H,21,22). The normalized spacial score (nSPS) is 12.4. The van der Waals surface area contributed by atoms with Crippen LogP contribution < -0.4 is 0 Å². The van der Waals surface area contributed by atoms with Crippen LogP contribution in [0.1, 0.15) is 91.9 Å². The molecule has 0 spiro atoms. The zero-order valence-electron chi connectivity index (χ0n) is 14.8. The molecule has 0 aliphatic carbocycles. The molecule has 22 heavy (non-hydrogen) atoms. The summed E-state index contributed by atoms with van der Waals surface area (Å²) in [4.78, 5) is 23.2. The predicted octanol–water partition coefficient (Wildman–Crippen LogP) is 5.11. The van der Waals surface area contributed by atoms with Gasteiger partial charge >= 0.3 is 11.9 Å². The molecule has 0 aromatic rings. The number of carboxylic acid groups (broad SMARTS) is 2. The summed E-state index contributed by atoms with van der Waals surface area (Å²) < 4.78 is 0. The first-order valence-corrected chi connectivity index (χ1v) is 8.67. The summed E-state index contributed by atoms with van der Waals surface area (Å²) in [5, 5.41) is 18.9. The number of carboxylic acids is 2.